The molecule has 0 spiro atoms. The van der Waals surface area contributed by atoms with Crippen LogP contribution in [-0.2, 0) is 36.5 Å². The van der Waals surface area contributed by atoms with Crippen LogP contribution in [0, 0.1) is 0 Å². The molecule has 0 bridgehead atoms. The van der Waals surface area contributed by atoms with Crippen molar-refractivity contribution in [3.8, 4) is 5.75 Å². The Bertz CT molecular complexity index is 981. The van der Waals surface area contributed by atoms with Gasteiger partial charge in [-0.3, -0.25) is 4.68 Å². The molecule has 0 N–H and O–H groups in total. The second kappa shape index (κ2) is 7.69. The molecule has 28 heavy (non-hydrogen) atoms. The van der Waals surface area contributed by atoms with Gasteiger partial charge in [0.05, 0.1) is 19.3 Å². The number of ether oxygens (including phenoxy) is 1. The fourth-order valence-electron chi connectivity index (χ4n) is 4.55. The first-order chi connectivity index (χ1) is 13.4. The number of sulfonamides is 1. The number of halogens is 1. The lowest BCUT2D eigenvalue weighted by Crippen LogP contribution is -2.38. The number of hydrogen-bond donors (Lipinski definition) is 0. The number of rotatable bonds is 6. The molecule has 2 aromatic rings. The normalized spacial score (nSPS) is 17.4. The first kappa shape index (κ1) is 19.7. The lowest BCUT2D eigenvalue weighted by molar-refractivity contribution is 0.309. The molecular formula is C20H26ClN3O3S. The summed E-state index contributed by atoms with van der Waals surface area (Å²) in [4.78, 5) is 0.127. The Morgan fingerprint density at radius 2 is 2.00 bits per heavy atom. The Morgan fingerprint density at radius 3 is 2.71 bits per heavy atom. The lowest BCUT2D eigenvalue weighted by atomic mass is 10.2. The van der Waals surface area contributed by atoms with Gasteiger partial charge in [-0.1, -0.05) is 24.4 Å². The Balaban J connectivity index is 1.77. The van der Waals surface area contributed by atoms with Crippen LogP contribution in [0.2, 0.25) is 5.02 Å². The smallest absolute Gasteiger partial charge is 0.247 e. The highest BCUT2D eigenvalue weighted by Crippen LogP contribution is 2.36. The van der Waals surface area contributed by atoms with Crippen molar-refractivity contribution in [2.24, 2.45) is 7.05 Å². The highest BCUT2D eigenvalue weighted by molar-refractivity contribution is 7.89. The number of aryl methyl sites for hydroxylation is 1. The third kappa shape index (κ3) is 3.44. The van der Waals surface area contributed by atoms with Crippen LogP contribution in [0.4, 0.5) is 0 Å². The van der Waals surface area contributed by atoms with Gasteiger partial charge in [-0.2, -0.15) is 9.40 Å². The molecular weight excluding hydrogens is 398 g/mol. The number of benzene rings is 1. The van der Waals surface area contributed by atoms with Crippen molar-refractivity contribution in [2.45, 2.75) is 62.4 Å². The molecule has 152 valence electrons. The molecule has 1 saturated carbocycles. The largest absolute Gasteiger partial charge is 0.495 e. The zero-order valence-electron chi connectivity index (χ0n) is 16.3. The van der Waals surface area contributed by atoms with Crippen LogP contribution < -0.4 is 4.74 Å². The minimum atomic E-state index is -3.78. The van der Waals surface area contributed by atoms with Gasteiger partial charge in [-0.15, -0.1) is 0 Å². The van der Waals surface area contributed by atoms with Crippen LogP contribution in [0.3, 0.4) is 0 Å². The Kier molecular flexibility index (Phi) is 5.42. The summed E-state index contributed by atoms with van der Waals surface area (Å²) in [6.45, 7) is 0.297. The molecule has 0 unspecified atom stereocenters. The Hall–Kier alpha value is -1.57. The molecule has 1 fully saturated rings. The number of methoxy groups -OCH3 is 1. The van der Waals surface area contributed by atoms with E-state index in [9.17, 15) is 8.42 Å². The van der Waals surface area contributed by atoms with E-state index in [0.717, 1.165) is 50.6 Å². The van der Waals surface area contributed by atoms with Gasteiger partial charge < -0.3 is 4.74 Å². The molecule has 0 atom stereocenters. The van der Waals surface area contributed by atoms with Gasteiger partial charge in [0.25, 0.3) is 0 Å². The minimum absolute atomic E-state index is 0.0206. The summed E-state index contributed by atoms with van der Waals surface area (Å²) in [6.07, 6.45) is 6.92. The topological polar surface area (TPSA) is 64.4 Å². The highest BCUT2D eigenvalue weighted by Gasteiger charge is 2.37. The first-order valence-electron chi connectivity index (χ1n) is 9.81. The van der Waals surface area contributed by atoms with Crippen molar-refractivity contribution in [1.82, 2.24) is 14.1 Å². The number of nitrogens with zero attached hydrogens (tertiary/aromatic N) is 3. The molecule has 6 nitrogen and oxygen atoms in total. The number of fused-ring (bicyclic) bond motifs is 1. The highest BCUT2D eigenvalue weighted by atomic mass is 35.5. The van der Waals surface area contributed by atoms with Crippen LogP contribution >= 0.6 is 11.6 Å². The van der Waals surface area contributed by atoms with Gasteiger partial charge >= 0.3 is 0 Å². The molecule has 1 heterocycles. The molecule has 1 aromatic carbocycles. The molecule has 1 aromatic heterocycles. The molecule has 0 saturated heterocycles. The predicted molar refractivity (Wildman–Crippen MR) is 108 cm³/mol. The fraction of sp³-hybridized carbons (Fsp3) is 0.550. The predicted octanol–water partition coefficient (Wildman–Crippen LogP) is 3.70. The van der Waals surface area contributed by atoms with Gasteiger partial charge in [-0.05, 0) is 55.9 Å². The van der Waals surface area contributed by atoms with E-state index in [1.165, 1.54) is 24.4 Å². The average Bonchev–Trinajstić information content (AvgIpc) is 3.40. The van der Waals surface area contributed by atoms with Gasteiger partial charge in [-0.25, -0.2) is 8.42 Å². The van der Waals surface area contributed by atoms with E-state index in [2.05, 4.69) is 5.10 Å². The molecule has 0 aliphatic heterocycles. The summed E-state index contributed by atoms with van der Waals surface area (Å²) in [5, 5.41) is 5.04. The zero-order chi connectivity index (χ0) is 19.9. The average molecular weight is 424 g/mol. The van der Waals surface area contributed by atoms with Crippen molar-refractivity contribution in [2.75, 3.05) is 7.11 Å². The Morgan fingerprint density at radius 1 is 1.25 bits per heavy atom. The van der Waals surface area contributed by atoms with Crippen molar-refractivity contribution < 1.29 is 13.2 Å². The summed E-state index contributed by atoms with van der Waals surface area (Å²) in [6, 6.07) is 4.72. The summed E-state index contributed by atoms with van der Waals surface area (Å²) >= 11 is 6.13. The molecule has 2 aliphatic rings. The first-order valence-corrected chi connectivity index (χ1v) is 11.6. The monoisotopic (exact) mass is 423 g/mol. The van der Waals surface area contributed by atoms with E-state index < -0.39 is 10.0 Å². The van der Waals surface area contributed by atoms with E-state index in [1.54, 1.807) is 16.4 Å². The maximum absolute atomic E-state index is 13.7. The van der Waals surface area contributed by atoms with E-state index in [4.69, 9.17) is 16.3 Å². The molecule has 4 rings (SSSR count). The van der Waals surface area contributed by atoms with Crippen LogP contribution in [0.15, 0.2) is 23.1 Å². The van der Waals surface area contributed by atoms with E-state index in [1.807, 2.05) is 11.7 Å². The van der Waals surface area contributed by atoms with Gasteiger partial charge in [0.15, 0.2) is 0 Å². The third-order valence-electron chi connectivity index (χ3n) is 5.95. The quantitative estimate of drug-likeness (QED) is 0.710. The SMILES string of the molecule is COc1ccc(Cl)cc1S(=O)(=O)N(Cc1nn(C)c2c1CCC2)C1CCCC1. The standard InChI is InChI=1S/C20H26ClN3O3S/c1-23-18-9-5-8-16(18)17(22-23)13-24(15-6-3-4-7-15)28(25,26)20-12-14(21)10-11-19(20)27-2/h10-12,15H,3-9,13H2,1-2H3. The van der Waals surface area contributed by atoms with E-state index in [0.29, 0.717) is 17.3 Å². The second-order valence-electron chi connectivity index (χ2n) is 7.63. The Labute approximate surface area is 171 Å². The van der Waals surface area contributed by atoms with Gasteiger partial charge in [0, 0.05) is 23.8 Å². The van der Waals surface area contributed by atoms with Crippen LogP contribution in [0.25, 0.3) is 0 Å². The zero-order valence-corrected chi connectivity index (χ0v) is 17.9. The molecule has 0 radical (unpaired) electrons. The molecule has 8 heteroatoms. The maximum Gasteiger partial charge on any atom is 0.247 e. The maximum atomic E-state index is 13.7. The number of aromatic nitrogens is 2. The minimum Gasteiger partial charge on any atom is -0.495 e. The third-order valence-corrected chi connectivity index (χ3v) is 8.10. The van der Waals surface area contributed by atoms with Crippen molar-refractivity contribution in [1.29, 1.82) is 0 Å². The number of hydrogen-bond acceptors (Lipinski definition) is 4. The van der Waals surface area contributed by atoms with Gasteiger partial charge in [0.2, 0.25) is 10.0 Å². The molecule has 0 amide bonds. The van der Waals surface area contributed by atoms with Crippen LogP contribution in [0.5, 0.6) is 5.75 Å². The van der Waals surface area contributed by atoms with E-state index >= 15 is 0 Å². The fourth-order valence-corrected chi connectivity index (χ4v) is 6.62. The summed E-state index contributed by atoms with van der Waals surface area (Å²) in [5.74, 6) is 0.318. The van der Waals surface area contributed by atoms with Crippen molar-refractivity contribution in [3.63, 3.8) is 0 Å². The molecule has 2 aliphatic carbocycles. The summed E-state index contributed by atoms with van der Waals surface area (Å²) in [5.41, 5.74) is 3.34. The van der Waals surface area contributed by atoms with Crippen molar-refractivity contribution >= 4 is 21.6 Å². The summed E-state index contributed by atoms with van der Waals surface area (Å²) < 4.78 is 36.3. The van der Waals surface area contributed by atoms with E-state index in [-0.39, 0.29) is 10.9 Å². The lowest BCUT2D eigenvalue weighted by Gasteiger charge is -2.28. The second-order valence-corrected chi connectivity index (χ2v) is 9.93. The summed E-state index contributed by atoms with van der Waals surface area (Å²) in [7, 11) is -0.355. The van der Waals surface area contributed by atoms with Crippen LogP contribution in [-0.4, -0.2) is 35.7 Å². The van der Waals surface area contributed by atoms with Gasteiger partial charge in [0.1, 0.15) is 10.6 Å². The van der Waals surface area contributed by atoms with Crippen molar-refractivity contribution in [3.05, 3.63) is 40.2 Å². The van der Waals surface area contributed by atoms with Crippen LogP contribution in [0.1, 0.15) is 49.1 Å².